The molecule has 1 rings (SSSR count). The van der Waals surface area contributed by atoms with E-state index < -0.39 is 0 Å². The van der Waals surface area contributed by atoms with Crippen LogP contribution >= 0.6 is 22.6 Å². The molecule has 0 unspecified atom stereocenters. The third-order valence-corrected chi connectivity index (χ3v) is 3.93. The maximum Gasteiger partial charge on any atom is 0.138 e. The van der Waals surface area contributed by atoms with E-state index in [2.05, 4.69) is 13.8 Å². The van der Waals surface area contributed by atoms with Crippen LogP contribution in [0.25, 0.3) is 0 Å². The minimum atomic E-state index is -0.270. The lowest BCUT2D eigenvalue weighted by Gasteiger charge is -2.33. The summed E-state index contributed by atoms with van der Waals surface area (Å²) >= 11 is 1.92. The van der Waals surface area contributed by atoms with E-state index in [4.69, 9.17) is 5.73 Å². The number of hydrogen-bond donors (Lipinski definition) is 2. The predicted molar refractivity (Wildman–Crippen MR) is 82.3 cm³/mol. The highest BCUT2D eigenvalue weighted by Crippen LogP contribution is 2.30. The van der Waals surface area contributed by atoms with Crippen LogP contribution in [-0.4, -0.2) is 24.3 Å². The average Bonchev–Trinajstić information content (AvgIpc) is 2.34. The Morgan fingerprint density at radius 1 is 1.39 bits per heavy atom. The molecule has 0 aromatic heterocycles. The van der Waals surface area contributed by atoms with Crippen molar-refractivity contribution in [3.05, 3.63) is 21.5 Å². The lowest BCUT2D eigenvalue weighted by molar-refractivity contribution is 0.296. The lowest BCUT2D eigenvalue weighted by atomic mass is 10.1. The number of nitrogen functional groups attached to an aromatic ring is 1. The first-order chi connectivity index (χ1) is 8.54. The fourth-order valence-electron chi connectivity index (χ4n) is 2.14. The summed E-state index contributed by atoms with van der Waals surface area (Å²) in [6, 6.07) is 3.36. The number of hydrogen-bond acceptors (Lipinski definition) is 3. The first kappa shape index (κ1) is 15.5. The molecule has 3 N–H and O–H groups in total. The summed E-state index contributed by atoms with van der Waals surface area (Å²) in [5, 5.41) is 9.17. The molecular formula is C13H20FIN2O. The van der Waals surface area contributed by atoms with Gasteiger partial charge in [0.2, 0.25) is 0 Å². The van der Waals surface area contributed by atoms with Crippen LogP contribution < -0.4 is 10.6 Å². The summed E-state index contributed by atoms with van der Waals surface area (Å²) in [6.45, 7) is 4.66. The molecule has 0 aliphatic rings. The van der Waals surface area contributed by atoms with Gasteiger partial charge in [0.05, 0.1) is 21.6 Å². The van der Waals surface area contributed by atoms with Gasteiger partial charge in [0.25, 0.3) is 0 Å². The summed E-state index contributed by atoms with van der Waals surface area (Å²) in [4.78, 5) is 1.99. The van der Waals surface area contributed by atoms with Crippen molar-refractivity contribution in [2.45, 2.75) is 32.7 Å². The van der Waals surface area contributed by atoms with Crippen molar-refractivity contribution in [2.75, 3.05) is 23.8 Å². The van der Waals surface area contributed by atoms with Crippen molar-refractivity contribution in [1.82, 2.24) is 0 Å². The molecule has 0 radical (unpaired) electrons. The van der Waals surface area contributed by atoms with Gasteiger partial charge in [0, 0.05) is 18.7 Å². The molecule has 5 heteroatoms. The van der Waals surface area contributed by atoms with Crippen molar-refractivity contribution in [2.24, 2.45) is 0 Å². The Morgan fingerprint density at radius 2 is 2.00 bits per heavy atom. The third kappa shape index (κ3) is 3.47. The van der Waals surface area contributed by atoms with Crippen LogP contribution in [0.2, 0.25) is 0 Å². The first-order valence-corrected chi connectivity index (χ1v) is 7.25. The highest BCUT2D eigenvalue weighted by molar-refractivity contribution is 14.1. The van der Waals surface area contributed by atoms with E-state index in [0.717, 1.165) is 12.8 Å². The SMILES string of the molecule is CCC(CC)N(CCO)c1cc(F)c(I)cc1N. The number of halogens is 2. The number of rotatable bonds is 6. The van der Waals surface area contributed by atoms with Crippen LogP contribution in [0.3, 0.4) is 0 Å². The van der Waals surface area contributed by atoms with Gasteiger partial charge in [-0.1, -0.05) is 13.8 Å². The summed E-state index contributed by atoms with van der Waals surface area (Å²) in [6.07, 6.45) is 1.87. The Labute approximate surface area is 121 Å². The monoisotopic (exact) mass is 366 g/mol. The van der Waals surface area contributed by atoms with Gasteiger partial charge in [0.1, 0.15) is 5.82 Å². The molecule has 1 aromatic rings. The Kier molecular flexibility index (Phi) is 6.14. The minimum absolute atomic E-state index is 0.0313. The van der Waals surface area contributed by atoms with Gasteiger partial charge in [-0.3, -0.25) is 0 Å². The molecule has 1 aromatic carbocycles. The van der Waals surface area contributed by atoms with Gasteiger partial charge in [-0.2, -0.15) is 0 Å². The molecule has 0 aliphatic carbocycles. The molecule has 0 amide bonds. The fourth-order valence-corrected chi connectivity index (χ4v) is 2.63. The van der Waals surface area contributed by atoms with E-state index in [-0.39, 0.29) is 18.5 Å². The first-order valence-electron chi connectivity index (χ1n) is 6.17. The predicted octanol–water partition coefficient (Wildman–Crippen LogP) is 3.00. The Morgan fingerprint density at radius 3 is 2.50 bits per heavy atom. The van der Waals surface area contributed by atoms with E-state index in [1.807, 2.05) is 27.5 Å². The second-order valence-corrected chi connectivity index (χ2v) is 5.37. The highest BCUT2D eigenvalue weighted by Gasteiger charge is 2.19. The molecule has 0 spiro atoms. The lowest BCUT2D eigenvalue weighted by Crippen LogP contribution is -2.37. The van der Waals surface area contributed by atoms with Crippen molar-refractivity contribution in [3.8, 4) is 0 Å². The Bertz CT molecular complexity index is 397. The third-order valence-electron chi connectivity index (χ3n) is 3.10. The summed E-state index contributed by atoms with van der Waals surface area (Å²) in [5.41, 5.74) is 7.21. The van der Waals surface area contributed by atoms with Gasteiger partial charge in [-0.15, -0.1) is 0 Å². The van der Waals surface area contributed by atoms with Crippen molar-refractivity contribution >= 4 is 34.0 Å². The standard InChI is InChI=1S/C13H20FIN2O/c1-3-9(4-2)17(5-6-18)13-7-10(14)11(15)8-12(13)16/h7-9,18H,3-6,16H2,1-2H3. The van der Waals surface area contributed by atoms with Crippen molar-refractivity contribution in [1.29, 1.82) is 0 Å². The average molecular weight is 366 g/mol. The number of nitrogens with two attached hydrogens (primary N) is 1. The van der Waals surface area contributed by atoms with Gasteiger partial charge < -0.3 is 15.7 Å². The largest absolute Gasteiger partial charge is 0.397 e. The van der Waals surface area contributed by atoms with Gasteiger partial charge in [0.15, 0.2) is 0 Å². The number of nitrogens with zero attached hydrogens (tertiary/aromatic N) is 1. The normalized spacial score (nSPS) is 11.0. The van der Waals surface area contributed by atoms with E-state index >= 15 is 0 Å². The number of aliphatic hydroxyl groups excluding tert-OH is 1. The fraction of sp³-hybridized carbons (Fsp3) is 0.538. The minimum Gasteiger partial charge on any atom is -0.397 e. The van der Waals surface area contributed by atoms with Crippen molar-refractivity contribution in [3.63, 3.8) is 0 Å². The molecule has 0 bridgehead atoms. The number of benzene rings is 1. The molecule has 0 fully saturated rings. The molecule has 102 valence electrons. The van der Waals surface area contributed by atoms with Crippen molar-refractivity contribution < 1.29 is 9.50 Å². The van der Waals surface area contributed by atoms with E-state index in [1.54, 1.807) is 6.07 Å². The maximum absolute atomic E-state index is 13.7. The Balaban J connectivity index is 3.16. The van der Waals surface area contributed by atoms with Crippen LogP contribution in [0.5, 0.6) is 0 Å². The quantitative estimate of drug-likeness (QED) is 0.601. The molecule has 0 heterocycles. The molecule has 0 saturated heterocycles. The summed E-state index contributed by atoms with van der Waals surface area (Å²) in [5.74, 6) is -0.270. The van der Waals surface area contributed by atoms with Crippen LogP contribution in [-0.2, 0) is 0 Å². The van der Waals surface area contributed by atoms with Crippen LogP contribution in [0, 0.1) is 9.39 Å². The topological polar surface area (TPSA) is 49.5 Å². The molecular weight excluding hydrogens is 346 g/mol. The van der Waals surface area contributed by atoms with Crippen LogP contribution in [0.1, 0.15) is 26.7 Å². The Hall–Kier alpha value is -0.560. The van der Waals surface area contributed by atoms with E-state index in [9.17, 15) is 9.50 Å². The molecule has 0 saturated carbocycles. The zero-order valence-corrected chi connectivity index (χ0v) is 12.9. The number of anilines is 2. The van der Waals surface area contributed by atoms with Crippen LogP contribution in [0.15, 0.2) is 12.1 Å². The molecule has 0 aliphatic heterocycles. The zero-order valence-electron chi connectivity index (χ0n) is 10.8. The smallest absolute Gasteiger partial charge is 0.138 e. The van der Waals surface area contributed by atoms with Gasteiger partial charge in [-0.25, -0.2) is 4.39 Å². The van der Waals surface area contributed by atoms with Gasteiger partial charge in [-0.05, 0) is 41.5 Å². The van der Waals surface area contributed by atoms with Gasteiger partial charge >= 0.3 is 0 Å². The zero-order chi connectivity index (χ0) is 13.7. The summed E-state index contributed by atoms with van der Waals surface area (Å²) in [7, 11) is 0. The second-order valence-electron chi connectivity index (χ2n) is 4.21. The summed E-state index contributed by atoms with van der Waals surface area (Å²) < 4.78 is 14.2. The highest BCUT2D eigenvalue weighted by atomic mass is 127. The van der Waals surface area contributed by atoms with E-state index in [0.29, 0.717) is 21.5 Å². The van der Waals surface area contributed by atoms with Crippen LogP contribution in [0.4, 0.5) is 15.8 Å². The number of aliphatic hydroxyl groups is 1. The van der Waals surface area contributed by atoms with E-state index in [1.165, 1.54) is 6.07 Å². The molecule has 0 atom stereocenters. The second kappa shape index (κ2) is 7.13. The molecule has 18 heavy (non-hydrogen) atoms. The maximum atomic E-state index is 13.7. The molecule has 3 nitrogen and oxygen atoms in total.